The molecule has 1 atom stereocenters. The molecule has 0 aliphatic carbocycles. The van der Waals surface area contributed by atoms with Crippen LogP contribution in [0, 0.1) is 11.6 Å². The van der Waals surface area contributed by atoms with Crippen LogP contribution in [-0.2, 0) is 0 Å². The quantitative estimate of drug-likeness (QED) is 0.525. The maximum atomic E-state index is 14.4. The fraction of sp³-hybridized carbons (Fsp3) is 0.261. The van der Waals surface area contributed by atoms with E-state index in [0.29, 0.717) is 25.3 Å². The number of carbonyl (C=O) groups excluding carboxylic acids is 1. The van der Waals surface area contributed by atoms with Gasteiger partial charge in [0.05, 0.1) is 30.7 Å². The lowest BCUT2D eigenvalue weighted by Gasteiger charge is -2.35. The van der Waals surface area contributed by atoms with Gasteiger partial charge >= 0.3 is 0 Å². The molecule has 1 aliphatic heterocycles. The second-order valence-corrected chi connectivity index (χ2v) is 7.48. The molecule has 8 nitrogen and oxygen atoms in total. The van der Waals surface area contributed by atoms with E-state index in [1.54, 1.807) is 12.1 Å². The highest BCUT2D eigenvalue weighted by Crippen LogP contribution is 2.31. The SMILES string of the molecule is COc1cccc(F)c1-c1nccc(C(=O)Nc2cc(F)ccc2N2CCN[C@H](CO)C2)n1. The van der Waals surface area contributed by atoms with Gasteiger partial charge in [0, 0.05) is 31.9 Å². The van der Waals surface area contributed by atoms with Crippen molar-refractivity contribution in [1.82, 2.24) is 15.3 Å². The van der Waals surface area contributed by atoms with Crippen molar-refractivity contribution in [1.29, 1.82) is 0 Å². The molecule has 2 aromatic carbocycles. The fourth-order valence-electron chi connectivity index (χ4n) is 3.73. The van der Waals surface area contributed by atoms with Gasteiger partial charge in [0.25, 0.3) is 5.91 Å². The van der Waals surface area contributed by atoms with Gasteiger partial charge in [-0.05, 0) is 36.4 Å². The first-order valence-electron chi connectivity index (χ1n) is 10.4. The van der Waals surface area contributed by atoms with Crippen LogP contribution in [0.5, 0.6) is 5.75 Å². The van der Waals surface area contributed by atoms with Gasteiger partial charge in [-0.1, -0.05) is 6.07 Å². The van der Waals surface area contributed by atoms with Crippen molar-refractivity contribution in [2.24, 2.45) is 0 Å². The first kappa shape index (κ1) is 22.6. The van der Waals surface area contributed by atoms with E-state index in [0.717, 1.165) is 0 Å². The van der Waals surface area contributed by atoms with E-state index in [9.17, 15) is 18.7 Å². The fourth-order valence-corrected chi connectivity index (χ4v) is 3.73. The van der Waals surface area contributed by atoms with E-state index in [1.165, 1.54) is 43.6 Å². The largest absolute Gasteiger partial charge is 0.496 e. The molecule has 1 aliphatic rings. The number of amides is 1. The molecule has 3 aromatic rings. The number of hydrogen-bond donors (Lipinski definition) is 3. The number of nitrogens with zero attached hydrogens (tertiary/aromatic N) is 3. The Morgan fingerprint density at radius 3 is 2.94 bits per heavy atom. The average molecular weight is 455 g/mol. The molecule has 1 amide bonds. The smallest absolute Gasteiger partial charge is 0.274 e. The first-order chi connectivity index (χ1) is 16.0. The van der Waals surface area contributed by atoms with Crippen molar-refractivity contribution in [2.75, 3.05) is 43.6 Å². The Balaban J connectivity index is 1.63. The second kappa shape index (κ2) is 9.88. The Morgan fingerprint density at radius 2 is 2.15 bits per heavy atom. The van der Waals surface area contributed by atoms with Crippen LogP contribution in [0.4, 0.5) is 20.2 Å². The molecule has 0 radical (unpaired) electrons. The molecule has 0 unspecified atom stereocenters. The Labute approximate surface area is 189 Å². The van der Waals surface area contributed by atoms with Gasteiger partial charge in [-0.3, -0.25) is 4.79 Å². The summed E-state index contributed by atoms with van der Waals surface area (Å²) in [5.74, 6) is -1.48. The van der Waals surface area contributed by atoms with Gasteiger partial charge < -0.3 is 25.4 Å². The number of aliphatic hydroxyl groups excluding tert-OH is 1. The molecule has 4 rings (SSSR count). The van der Waals surface area contributed by atoms with E-state index >= 15 is 0 Å². The van der Waals surface area contributed by atoms with Crippen LogP contribution in [0.25, 0.3) is 11.4 Å². The summed E-state index contributed by atoms with van der Waals surface area (Å²) in [4.78, 5) is 23.2. The summed E-state index contributed by atoms with van der Waals surface area (Å²) in [7, 11) is 1.40. The van der Waals surface area contributed by atoms with Crippen molar-refractivity contribution in [3.63, 3.8) is 0 Å². The number of aromatic nitrogens is 2. The minimum Gasteiger partial charge on any atom is -0.496 e. The molecule has 1 saturated heterocycles. The summed E-state index contributed by atoms with van der Waals surface area (Å²) in [6.07, 6.45) is 1.35. The number of ether oxygens (including phenoxy) is 1. The third-order valence-electron chi connectivity index (χ3n) is 5.33. The number of halogens is 2. The number of aliphatic hydroxyl groups is 1. The highest BCUT2D eigenvalue weighted by atomic mass is 19.1. The van der Waals surface area contributed by atoms with Crippen LogP contribution in [0.1, 0.15) is 10.5 Å². The van der Waals surface area contributed by atoms with Gasteiger partial charge in [-0.2, -0.15) is 0 Å². The number of hydrogen-bond acceptors (Lipinski definition) is 7. The van der Waals surface area contributed by atoms with Crippen LogP contribution >= 0.6 is 0 Å². The summed E-state index contributed by atoms with van der Waals surface area (Å²) in [5.41, 5.74) is 0.906. The highest BCUT2D eigenvalue weighted by molar-refractivity contribution is 6.05. The Morgan fingerprint density at radius 1 is 1.30 bits per heavy atom. The first-order valence-corrected chi connectivity index (χ1v) is 10.4. The number of benzene rings is 2. The Bertz CT molecular complexity index is 1160. The zero-order valence-electron chi connectivity index (χ0n) is 17.9. The van der Waals surface area contributed by atoms with E-state index in [2.05, 4.69) is 20.6 Å². The van der Waals surface area contributed by atoms with Crippen LogP contribution in [-0.4, -0.2) is 60.4 Å². The standard InChI is InChI=1S/C23H23F2N5O3/c1-33-20-4-2-3-16(25)21(20)22-27-8-7-17(28-22)23(32)29-18-11-14(24)5-6-19(18)30-10-9-26-15(12-30)13-31/h2-8,11,15,26,31H,9-10,12-13H2,1H3,(H,29,32)/t15-/m0/s1. The second-order valence-electron chi connectivity index (χ2n) is 7.48. The Kier molecular flexibility index (Phi) is 6.76. The van der Waals surface area contributed by atoms with Crippen LogP contribution < -0.4 is 20.3 Å². The maximum absolute atomic E-state index is 14.4. The molecule has 0 saturated carbocycles. The number of nitrogens with one attached hydrogen (secondary N) is 2. The molecule has 172 valence electrons. The van der Waals surface area contributed by atoms with Crippen LogP contribution in [0.15, 0.2) is 48.7 Å². The zero-order chi connectivity index (χ0) is 23.4. The van der Waals surface area contributed by atoms with Crippen molar-refractivity contribution < 1.29 is 23.4 Å². The van der Waals surface area contributed by atoms with E-state index in [4.69, 9.17) is 4.74 Å². The molecule has 33 heavy (non-hydrogen) atoms. The monoisotopic (exact) mass is 455 g/mol. The predicted octanol–water partition coefficient (Wildman–Crippen LogP) is 2.45. The summed E-state index contributed by atoms with van der Waals surface area (Å²) in [6.45, 7) is 1.71. The molecule has 0 bridgehead atoms. The topological polar surface area (TPSA) is 99.6 Å². The lowest BCUT2D eigenvalue weighted by atomic mass is 10.1. The van der Waals surface area contributed by atoms with E-state index in [-0.39, 0.29) is 41.2 Å². The normalized spacial score (nSPS) is 15.9. The summed E-state index contributed by atoms with van der Waals surface area (Å²) < 4.78 is 33.7. The number of carbonyl (C=O) groups is 1. The number of methoxy groups -OCH3 is 1. The van der Waals surface area contributed by atoms with Gasteiger partial charge in [0.15, 0.2) is 5.82 Å². The van der Waals surface area contributed by atoms with Crippen LogP contribution in [0.2, 0.25) is 0 Å². The van der Waals surface area contributed by atoms with Crippen molar-refractivity contribution in [2.45, 2.75) is 6.04 Å². The van der Waals surface area contributed by atoms with E-state index < -0.39 is 17.5 Å². The highest BCUT2D eigenvalue weighted by Gasteiger charge is 2.23. The lowest BCUT2D eigenvalue weighted by molar-refractivity contribution is 0.102. The molecular weight excluding hydrogens is 432 g/mol. The number of anilines is 2. The van der Waals surface area contributed by atoms with Crippen molar-refractivity contribution in [3.05, 3.63) is 66.0 Å². The van der Waals surface area contributed by atoms with Gasteiger partial charge in [0.2, 0.25) is 0 Å². The molecule has 2 heterocycles. The molecule has 1 fully saturated rings. The molecule has 3 N–H and O–H groups in total. The van der Waals surface area contributed by atoms with E-state index in [1.807, 2.05) is 4.90 Å². The van der Waals surface area contributed by atoms with Gasteiger partial charge in [-0.15, -0.1) is 0 Å². The summed E-state index contributed by atoms with van der Waals surface area (Å²) in [6, 6.07) is 9.70. The minimum absolute atomic E-state index is 0.00930. The van der Waals surface area contributed by atoms with Crippen molar-refractivity contribution in [3.8, 4) is 17.1 Å². The molecule has 0 spiro atoms. The average Bonchev–Trinajstić information content (AvgIpc) is 2.84. The lowest BCUT2D eigenvalue weighted by Crippen LogP contribution is -2.52. The molecular formula is C23H23F2N5O3. The number of rotatable bonds is 6. The Hall–Kier alpha value is -3.63. The maximum Gasteiger partial charge on any atom is 0.274 e. The molecule has 10 heteroatoms. The van der Waals surface area contributed by atoms with Crippen LogP contribution in [0.3, 0.4) is 0 Å². The van der Waals surface area contributed by atoms with Gasteiger partial charge in [0.1, 0.15) is 23.1 Å². The van der Waals surface area contributed by atoms with Crippen molar-refractivity contribution >= 4 is 17.3 Å². The summed E-state index contributed by atoms with van der Waals surface area (Å²) >= 11 is 0. The van der Waals surface area contributed by atoms with Gasteiger partial charge in [-0.25, -0.2) is 18.7 Å². The molecule has 1 aromatic heterocycles. The minimum atomic E-state index is -0.602. The third-order valence-corrected chi connectivity index (χ3v) is 5.33. The third kappa shape index (κ3) is 4.91. The summed E-state index contributed by atoms with van der Waals surface area (Å²) in [5, 5.41) is 15.4. The number of piperazine rings is 1. The zero-order valence-corrected chi connectivity index (χ0v) is 17.9. The predicted molar refractivity (Wildman–Crippen MR) is 119 cm³/mol.